The SMILES string of the molecule is CCC(C)N1C(=O)CC(N)C1c1cccs1. The van der Waals surface area contributed by atoms with Crippen molar-refractivity contribution >= 4 is 17.2 Å². The van der Waals surface area contributed by atoms with Gasteiger partial charge < -0.3 is 10.6 Å². The van der Waals surface area contributed by atoms with Crippen LogP contribution in [-0.2, 0) is 4.79 Å². The van der Waals surface area contributed by atoms with Gasteiger partial charge in [0.05, 0.1) is 6.04 Å². The number of hydrogen-bond acceptors (Lipinski definition) is 3. The highest BCUT2D eigenvalue weighted by molar-refractivity contribution is 7.10. The molecule has 0 saturated carbocycles. The van der Waals surface area contributed by atoms with Crippen LogP contribution in [0.25, 0.3) is 0 Å². The molecule has 3 atom stereocenters. The zero-order chi connectivity index (χ0) is 11.7. The van der Waals surface area contributed by atoms with Gasteiger partial charge in [-0.1, -0.05) is 13.0 Å². The molecule has 1 aromatic rings. The molecule has 1 aromatic heterocycles. The zero-order valence-corrected chi connectivity index (χ0v) is 10.5. The number of carbonyl (C=O) groups excluding carboxylic acids is 1. The summed E-state index contributed by atoms with van der Waals surface area (Å²) in [6.07, 6.45) is 1.45. The summed E-state index contributed by atoms with van der Waals surface area (Å²) in [5.41, 5.74) is 6.09. The highest BCUT2D eigenvalue weighted by Crippen LogP contribution is 2.36. The van der Waals surface area contributed by atoms with E-state index in [1.165, 1.54) is 4.88 Å². The molecule has 0 bridgehead atoms. The third-order valence-electron chi connectivity index (χ3n) is 3.30. The minimum Gasteiger partial charge on any atom is -0.331 e. The molecule has 0 aliphatic carbocycles. The van der Waals surface area contributed by atoms with Crippen LogP contribution in [0.4, 0.5) is 0 Å². The number of nitrogens with two attached hydrogens (primary N) is 1. The lowest BCUT2D eigenvalue weighted by molar-refractivity contribution is -0.131. The summed E-state index contributed by atoms with van der Waals surface area (Å²) in [6, 6.07) is 4.39. The summed E-state index contributed by atoms with van der Waals surface area (Å²) >= 11 is 1.68. The van der Waals surface area contributed by atoms with Crippen LogP contribution >= 0.6 is 11.3 Å². The third-order valence-corrected chi connectivity index (χ3v) is 4.25. The average Bonchev–Trinajstić information content (AvgIpc) is 2.84. The van der Waals surface area contributed by atoms with Gasteiger partial charge in [-0.3, -0.25) is 4.79 Å². The van der Waals surface area contributed by atoms with Crippen molar-refractivity contribution in [1.82, 2.24) is 4.90 Å². The van der Waals surface area contributed by atoms with Crippen molar-refractivity contribution in [3.8, 4) is 0 Å². The molecule has 2 heterocycles. The van der Waals surface area contributed by atoms with Crippen LogP contribution in [0.5, 0.6) is 0 Å². The molecule has 4 heteroatoms. The fraction of sp³-hybridized carbons (Fsp3) is 0.583. The lowest BCUT2D eigenvalue weighted by Crippen LogP contribution is -2.38. The van der Waals surface area contributed by atoms with E-state index in [1.807, 2.05) is 16.3 Å². The fourth-order valence-electron chi connectivity index (χ4n) is 2.30. The Kier molecular flexibility index (Phi) is 3.30. The number of rotatable bonds is 3. The van der Waals surface area contributed by atoms with E-state index < -0.39 is 0 Å². The molecule has 3 nitrogen and oxygen atoms in total. The van der Waals surface area contributed by atoms with Crippen LogP contribution < -0.4 is 5.73 Å². The predicted octanol–water partition coefficient (Wildman–Crippen LogP) is 2.15. The first kappa shape index (κ1) is 11.6. The normalized spacial score (nSPS) is 27.4. The molecule has 1 amide bonds. The van der Waals surface area contributed by atoms with Crippen LogP contribution in [0.3, 0.4) is 0 Å². The second-order valence-electron chi connectivity index (χ2n) is 4.39. The number of amides is 1. The number of hydrogen-bond donors (Lipinski definition) is 1. The Hall–Kier alpha value is -0.870. The maximum atomic E-state index is 11.9. The highest BCUT2D eigenvalue weighted by atomic mass is 32.1. The summed E-state index contributed by atoms with van der Waals surface area (Å²) in [4.78, 5) is 15.1. The van der Waals surface area contributed by atoms with Crippen LogP contribution in [-0.4, -0.2) is 22.9 Å². The van der Waals surface area contributed by atoms with E-state index in [0.717, 1.165) is 6.42 Å². The first-order valence-corrected chi connectivity index (χ1v) is 6.63. The first-order chi connectivity index (χ1) is 7.65. The maximum absolute atomic E-state index is 11.9. The molecule has 1 fully saturated rings. The number of nitrogens with zero attached hydrogens (tertiary/aromatic N) is 1. The monoisotopic (exact) mass is 238 g/mol. The lowest BCUT2D eigenvalue weighted by Gasteiger charge is -2.31. The van der Waals surface area contributed by atoms with Gasteiger partial charge in [0.15, 0.2) is 0 Å². The molecule has 16 heavy (non-hydrogen) atoms. The van der Waals surface area contributed by atoms with E-state index in [-0.39, 0.29) is 24.0 Å². The average molecular weight is 238 g/mol. The quantitative estimate of drug-likeness (QED) is 0.877. The van der Waals surface area contributed by atoms with Crippen molar-refractivity contribution in [2.45, 2.75) is 44.8 Å². The van der Waals surface area contributed by atoms with Crippen LogP contribution in [0.15, 0.2) is 17.5 Å². The molecule has 1 aliphatic heterocycles. The van der Waals surface area contributed by atoms with Crippen LogP contribution in [0.1, 0.15) is 37.6 Å². The molecule has 2 rings (SSSR count). The van der Waals surface area contributed by atoms with E-state index >= 15 is 0 Å². The van der Waals surface area contributed by atoms with Crippen molar-refractivity contribution in [2.24, 2.45) is 5.73 Å². The van der Waals surface area contributed by atoms with Crippen molar-refractivity contribution < 1.29 is 4.79 Å². The van der Waals surface area contributed by atoms with Gasteiger partial charge >= 0.3 is 0 Å². The molecule has 0 spiro atoms. The second kappa shape index (κ2) is 4.55. The van der Waals surface area contributed by atoms with E-state index in [4.69, 9.17) is 5.73 Å². The molecule has 3 unspecified atom stereocenters. The van der Waals surface area contributed by atoms with Gasteiger partial charge in [-0.15, -0.1) is 11.3 Å². The van der Waals surface area contributed by atoms with Gasteiger partial charge in [-0.25, -0.2) is 0 Å². The minimum atomic E-state index is -0.0554. The van der Waals surface area contributed by atoms with Gasteiger partial charge in [-0.2, -0.15) is 0 Å². The van der Waals surface area contributed by atoms with Gasteiger partial charge in [0, 0.05) is 23.4 Å². The Morgan fingerprint density at radius 3 is 3.00 bits per heavy atom. The van der Waals surface area contributed by atoms with Crippen molar-refractivity contribution in [2.75, 3.05) is 0 Å². The second-order valence-corrected chi connectivity index (χ2v) is 5.37. The molecule has 0 radical (unpaired) electrons. The Balaban J connectivity index is 2.29. The van der Waals surface area contributed by atoms with E-state index in [1.54, 1.807) is 11.3 Å². The van der Waals surface area contributed by atoms with Crippen LogP contribution in [0.2, 0.25) is 0 Å². The number of carbonyl (C=O) groups is 1. The Morgan fingerprint density at radius 1 is 1.69 bits per heavy atom. The molecule has 0 aromatic carbocycles. The molecule has 1 aliphatic rings. The minimum absolute atomic E-state index is 0.0554. The first-order valence-electron chi connectivity index (χ1n) is 5.75. The topological polar surface area (TPSA) is 46.3 Å². The highest BCUT2D eigenvalue weighted by Gasteiger charge is 2.40. The van der Waals surface area contributed by atoms with E-state index in [9.17, 15) is 4.79 Å². The Bertz CT molecular complexity index is 363. The lowest BCUT2D eigenvalue weighted by atomic mass is 10.1. The fourth-order valence-corrected chi connectivity index (χ4v) is 3.20. The summed E-state index contributed by atoms with van der Waals surface area (Å²) in [7, 11) is 0. The largest absolute Gasteiger partial charge is 0.331 e. The Labute approximate surface area is 100 Å². The predicted molar refractivity (Wildman–Crippen MR) is 66.3 cm³/mol. The summed E-state index contributed by atoms with van der Waals surface area (Å²) < 4.78 is 0. The summed E-state index contributed by atoms with van der Waals surface area (Å²) in [5.74, 6) is 0.195. The summed E-state index contributed by atoms with van der Waals surface area (Å²) in [6.45, 7) is 4.20. The number of likely N-dealkylation sites (tertiary alicyclic amines) is 1. The van der Waals surface area contributed by atoms with Crippen molar-refractivity contribution in [3.63, 3.8) is 0 Å². The number of thiophene rings is 1. The van der Waals surface area contributed by atoms with Crippen molar-refractivity contribution in [3.05, 3.63) is 22.4 Å². The molecular weight excluding hydrogens is 220 g/mol. The molecular formula is C12H18N2OS. The van der Waals surface area contributed by atoms with E-state index in [2.05, 4.69) is 19.9 Å². The van der Waals surface area contributed by atoms with Gasteiger partial charge in [0.2, 0.25) is 5.91 Å². The molecule has 88 valence electrons. The summed E-state index contributed by atoms with van der Waals surface area (Å²) in [5, 5.41) is 2.04. The van der Waals surface area contributed by atoms with E-state index in [0.29, 0.717) is 6.42 Å². The molecule has 1 saturated heterocycles. The standard InChI is InChI=1S/C12H18N2OS/c1-3-8(2)14-11(15)7-9(13)12(14)10-5-4-6-16-10/h4-6,8-9,12H,3,7,13H2,1-2H3. The van der Waals surface area contributed by atoms with Gasteiger partial charge in [-0.05, 0) is 24.8 Å². The third kappa shape index (κ3) is 1.87. The molecule has 2 N–H and O–H groups in total. The van der Waals surface area contributed by atoms with Crippen LogP contribution in [0, 0.1) is 0 Å². The Morgan fingerprint density at radius 2 is 2.44 bits per heavy atom. The van der Waals surface area contributed by atoms with Gasteiger partial charge in [0.1, 0.15) is 0 Å². The van der Waals surface area contributed by atoms with Crippen molar-refractivity contribution in [1.29, 1.82) is 0 Å². The maximum Gasteiger partial charge on any atom is 0.225 e. The zero-order valence-electron chi connectivity index (χ0n) is 9.72. The van der Waals surface area contributed by atoms with Gasteiger partial charge in [0.25, 0.3) is 0 Å². The smallest absolute Gasteiger partial charge is 0.225 e.